The molecule has 0 spiro atoms. The summed E-state index contributed by atoms with van der Waals surface area (Å²) in [6, 6.07) is 12.7. The normalized spacial score (nSPS) is 29.1. The summed E-state index contributed by atoms with van der Waals surface area (Å²) in [6.45, 7) is 4.39. The lowest BCUT2D eigenvalue weighted by atomic mass is 9.83. The van der Waals surface area contributed by atoms with Crippen LogP contribution in [0.2, 0.25) is 0 Å². The summed E-state index contributed by atoms with van der Waals surface area (Å²) in [7, 11) is 0. The number of aromatic nitrogens is 1. The van der Waals surface area contributed by atoms with E-state index in [0.717, 1.165) is 11.5 Å². The number of benzene rings is 1. The van der Waals surface area contributed by atoms with E-state index < -0.39 is 0 Å². The molecule has 3 aliphatic rings. The molecule has 4 heterocycles. The van der Waals surface area contributed by atoms with Crippen LogP contribution >= 0.6 is 11.8 Å². The highest BCUT2D eigenvalue weighted by Crippen LogP contribution is 2.44. The summed E-state index contributed by atoms with van der Waals surface area (Å²) in [4.78, 5) is 3.94. The highest BCUT2D eigenvalue weighted by Gasteiger charge is 2.38. The fraction of sp³-hybridized carbons (Fsp3) is 0.389. The van der Waals surface area contributed by atoms with Crippen molar-refractivity contribution in [3.8, 4) is 0 Å². The molecule has 3 aliphatic heterocycles. The van der Waals surface area contributed by atoms with Crippen LogP contribution in [0.25, 0.3) is 6.08 Å². The Morgan fingerprint density at radius 2 is 2.00 bits per heavy atom. The van der Waals surface area contributed by atoms with Gasteiger partial charge in [-0.2, -0.15) is 0 Å². The monoisotopic (exact) mass is 312 g/mol. The third-order valence-electron chi connectivity index (χ3n) is 4.56. The maximum absolute atomic E-state index is 5.42. The highest BCUT2D eigenvalue weighted by atomic mass is 32.2. The summed E-state index contributed by atoms with van der Waals surface area (Å²) < 4.78 is 5.42. The first kappa shape index (κ1) is 14.1. The van der Waals surface area contributed by atoms with Gasteiger partial charge in [-0.25, -0.2) is 0 Å². The molecule has 4 heteroatoms. The van der Waals surface area contributed by atoms with Crippen molar-refractivity contribution in [1.82, 2.24) is 10.1 Å². The van der Waals surface area contributed by atoms with Crippen LogP contribution in [0.3, 0.4) is 0 Å². The Morgan fingerprint density at radius 3 is 2.68 bits per heavy atom. The molecular weight excluding hydrogens is 292 g/mol. The lowest BCUT2D eigenvalue weighted by Gasteiger charge is -2.47. The Kier molecular flexibility index (Phi) is 3.80. The minimum Gasteiger partial charge on any atom is -0.357 e. The second-order valence-corrected chi connectivity index (χ2v) is 7.26. The van der Waals surface area contributed by atoms with Gasteiger partial charge in [0.25, 0.3) is 0 Å². The van der Waals surface area contributed by atoms with Gasteiger partial charge in [0.1, 0.15) is 0 Å². The molecule has 1 atom stereocenters. The molecule has 1 aromatic heterocycles. The van der Waals surface area contributed by atoms with E-state index in [2.05, 4.69) is 46.5 Å². The largest absolute Gasteiger partial charge is 0.357 e. The average molecular weight is 312 g/mol. The molecular formula is C18H20N2OS. The predicted octanol–water partition coefficient (Wildman–Crippen LogP) is 4.21. The van der Waals surface area contributed by atoms with Crippen molar-refractivity contribution < 1.29 is 4.52 Å². The van der Waals surface area contributed by atoms with Crippen molar-refractivity contribution in [2.75, 3.05) is 13.1 Å². The molecule has 5 rings (SSSR count). The van der Waals surface area contributed by atoms with Crippen molar-refractivity contribution in [3.05, 3.63) is 53.4 Å². The number of piperidine rings is 3. The smallest absolute Gasteiger partial charge is 0.159 e. The molecule has 0 aliphatic carbocycles. The number of fused-ring (bicyclic) bond motifs is 3. The second-order valence-electron chi connectivity index (χ2n) is 6.11. The second kappa shape index (κ2) is 5.94. The van der Waals surface area contributed by atoms with Gasteiger partial charge in [-0.3, -0.25) is 4.90 Å². The SMILES string of the molecule is Cc1cc(/C=C2/C3CCN(CC3)[C@H]2Sc2ccccc2)on1. The average Bonchev–Trinajstić information content (AvgIpc) is 2.97. The fourth-order valence-electron chi connectivity index (χ4n) is 3.46. The molecule has 3 nitrogen and oxygen atoms in total. The molecule has 0 saturated carbocycles. The van der Waals surface area contributed by atoms with Crippen molar-refractivity contribution in [3.63, 3.8) is 0 Å². The number of thioether (sulfide) groups is 1. The molecule has 0 unspecified atom stereocenters. The van der Waals surface area contributed by atoms with E-state index in [1.807, 2.05) is 24.8 Å². The van der Waals surface area contributed by atoms with E-state index in [-0.39, 0.29) is 0 Å². The van der Waals surface area contributed by atoms with E-state index in [4.69, 9.17) is 4.52 Å². The number of aryl methyl sites for hydroxylation is 1. The van der Waals surface area contributed by atoms with Gasteiger partial charge in [-0.15, -0.1) is 11.8 Å². The Labute approximate surface area is 135 Å². The van der Waals surface area contributed by atoms with Crippen molar-refractivity contribution >= 4 is 17.8 Å². The topological polar surface area (TPSA) is 29.3 Å². The minimum atomic E-state index is 0.431. The molecule has 3 saturated heterocycles. The van der Waals surface area contributed by atoms with Gasteiger partial charge >= 0.3 is 0 Å². The summed E-state index contributed by atoms with van der Waals surface area (Å²) >= 11 is 1.96. The van der Waals surface area contributed by atoms with Crippen LogP contribution in [0.1, 0.15) is 24.3 Å². The quantitative estimate of drug-likeness (QED) is 0.849. The van der Waals surface area contributed by atoms with Crippen LogP contribution in [0.15, 0.2) is 51.4 Å². The Morgan fingerprint density at radius 1 is 1.23 bits per heavy atom. The van der Waals surface area contributed by atoms with Crippen LogP contribution in [0.4, 0.5) is 0 Å². The molecule has 0 N–H and O–H groups in total. The van der Waals surface area contributed by atoms with Gasteiger partial charge in [-0.05, 0) is 49.5 Å². The summed E-state index contributed by atoms with van der Waals surface area (Å²) in [5.74, 6) is 1.58. The molecule has 114 valence electrons. The Hall–Kier alpha value is -1.52. The number of hydrogen-bond acceptors (Lipinski definition) is 4. The van der Waals surface area contributed by atoms with E-state index in [1.54, 1.807) is 0 Å². The first-order valence-electron chi connectivity index (χ1n) is 7.90. The van der Waals surface area contributed by atoms with Crippen molar-refractivity contribution in [2.24, 2.45) is 5.92 Å². The van der Waals surface area contributed by atoms with E-state index in [1.165, 1.54) is 36.4 Å². The zero-order valence-electron chi connectivity index (χ0n) is 12.7. The summed E-state index contributed by atoms with van der Waals surface area (Å²) in [5.41, 5.74) is 2.45. The first-order valence-corrected chi connectivity index (χ1v) is 8.78. The number of nitrogens with zero attached hydrogens (tertiary/aromatic N) is 2. The minimum absolute atomic E-state index is 0.431. The molecule has 2 aromatic rings. The van der Waals surface area contributed by atoms with Gasteiger partial charge in [0, 0.05) is 24.1 Å². The summed E-state index contributed by atoms with van der Waals surface area (Å²) in [6.07, 6.45) is 4.77. The zero-order chi connectivity index (χ0) is 14.9. The van der Waals surface area contributed by atoms with Crippen molar-refractivity contribution in [1.29, 1.82) is 0 Å². The van der Waals surface area contributed by atoms with Gasteiger partial charge in [0.2, 0.25) is 0 Å². The standard InChI is InChI=1S/C18H20N2OS/c1-13-11-15(21-19-13)12-17-14-7-9-20(10-8-14)18(17)22-16-5-3-2-4-6-16/h2-6,11-12,14,18H,7-10H2,1H3/b17-12-/t18-/m0/s1. The lowest BCUT2D eigenvalue weighted by Crippen LogP contribution is -2.48. The molecule has 2 bridgehead atoms. The number of rotatable bonds is 3. The van der Waals surface area contributed by atoms with Crippen LogP contribution in [-0.4, -0.2) is 28.5 Å². The van der Waals surface area contributed by atoms with Crippen LogP contribution < -0.4 is 0 Å². The molecule has 0 radical (unpaired) electrons. The van der Waals surface area contributed by atoms with Crippen LogP contribution in [-0.2, 0) is 0 Å². The molecule has 3 fully saturated rings. The van der Waals surface area contributed by atoms with E-state index >= 15 is 0 Å². The fourth-order valence-corrected chi connectivity index (χ4v) is 4.78. The maximum atomic E-state index is 5.42. The summed E-state index contributed by atoms with van der Waals surface area (Å²) in [5, 5.41) is 4.44. The van der Waals surface area contributed by atoms with Crippen LogP contribution in [0, 0.1) is 12.8 Å². The molecule has 0 amide bonds. The van der Waals surface area contributed by atoms with Gasteiger partial charge in [0.05, 0.1) is 11.1 Å². The third-order valence-corrected chi connectivity index (χ3v) is 5.90. The number of hydrogen-bond donors (Lipinski definition) is 0. The van der Waals surface area contributed by atoms with E-state index in [9.17, 15) is 0 Å². The first-order chi connectivity index (χ1) is 10.8. The predicted molar refractivity (Wildman–Crippen MR) is 89.6 cm³/mol. The van der Waals surface area contributed by atoms with Crippen LogP contribution in [0.5, 0.6) is 0 Å². The van der Waals surface area contributed by atoms with E-state index in [0.29, 0.717) is 11.3 Å². The van der Waals surface area contributed by atoms with Crippen molar-refractivity contribution in [2.45, 2.75) is 30.0 Å². The maximum Gasteiger partial charge on any atom is 0.159 e. The zero-order valence-corrected chi connectivity index (χ0v) is 13.6. The third kappa shape index (κ3) is 2.73. The molecule has 22 heavy (non-hydrogen) atoms. The Bertz CT molecular complexity index is 671. The van der Waals surface area contributed by atoms with Gasteiger partial charge < -0.3 is 4.52 Å². The lowest BCUT2D eigenvalue weighted by molar-refractivity contribution is 0.146. The molecule has 1 aromatic carbocycles. The van der Waals surface area contributed by atoms with Gasteiger partial charge in [-0.1, -0.05) is 23.4 Å². The highest BCUT2D eigenvalue weighted by molar-refractivity contribution is 8.00. The Balaban J connectivity index is 1.65. The van der Waals surface area contributed by atoms with Gasteiger partial charge in [0.15, 0.2) is 5.76 Å².